The van der Waals surface area contributed by atoms with Gasteiger partial charge in [-0.2, -0.15) is 0 Å². The van der Waals surface area contributed by atoms with Gasteiger partial charge in [0.05, 0.1) is 18.2 Å². The van der Waals surface area contributed by atoms with Crippen LogP contribution in [0, 0.1) is 0 Å². The molecule has 1 amide bonds. The molecule has 4 N–H and O–H groups in total. The van der Waals surface area contributed by atoms with Crippen molar-refractivity contribution in [1.29, 1.82) is 0 Å². The number of anilines is 1. The molecule has 106 valence electrons. The minimum absolute atomic E-state index is 0.0277. The van der Waals surface area contributed by atoms with E-state index in [0.717, 1.165) is 29.8 Å². The van der Waals surface area contributed by atoms with Crippen molar-refractivity contribution in [2.45, 2.75) is 32.2 Å². The lowest BCUT2D eigenvalue weighted by Crippen LogP contribution is -2.16. The molecule has 1 aromatic carbocycles. The summed E-state index contributed by atoms with van der Waals surface area (Å²) in [6.07, 6.45) is 5.59. The maximum absolute atomic E-state index is 11.7. The number of nitrogens with zero attached hydrogens (tertiary/aromatic N) is 1. The number of aromatic amines is 1. The van der Waals surface area contributed by atoms with Gasteiger partial charge in [-0.1, -0.05) is 12.1 Å². The molecule has 0 bridgehead atoms. The van der Waals surface area contributed by atoms with Crippen molar-refractivity contribution in [3.05, 3.63) is 36.8 Å². The maximum atomic E-state index is 11.7. The number of aromatic nitrogens is 2. The van der Waals surface area contributed by atoms with Crippen LogP contribution in [-0.4, -0.2) is 21.9 Å². The molecule has 1 atom stereocenters. The summed E-state index contributed by atoms with van der Waals surface area (Å²) in [6.45, 7) is 1.95. The van der Waals surface area contributed by atoms with Crippen LogP contribution < -0.4 is 11.1 Å². The first kappa shape index (κ1) is 14.3. The molecule has 1 unspecified atom stereocenters. The number of nitrogens with two attached hydrogens (primary N) is 1. The molecular formula is C15H20N4O. The Morgan fingerprint density at radius 3 is 2.75 bits per heavy atom. The zero-order chi connectivity index (χ0) is 14.4. The Morgan fingerprint density at radius 2 is 2.15 bits per heavy atom. The molecule has 0 radical (unpaired) electrons. The van der Waals surface area contributed by atoms with Crippen LogP contribution in [-0.2, 0) is 4.79 Å². The summed E-state index contributed by atoms with van der Waals surface area (Å²) in [5, 5.41) is 2.88. The highest BCUT2D eigenvalue weighted by atomic mass is 16.1. The zero-order valence-corrected chi connectivity index (χ0v) is 11.6. The number of imidazole rings is 1. The molecular weight excluding hydrogens is 252 g/mol. The summed E-state index contributed by atoms with van der Waals surface area (Å²) in [6, 6.07) is 7.83. The van der Waals surface area contributed by atoms with E-state index in [1.54, 1.807) is 12.5 Å². The molecule has 5 nitrogen and oxygen atoms in total. The number of amides is 1. The number of H-pyrrole nitrogens is 1. The van der Waals surface area contributed by atoms with Crippen LogP contribution >= 0.6 is 0 Å². The minimum Gasteiger partial charge on any atom is -0.345 e. The van der Waals surface area contributed by atoms with Crippen molar-refractivity contribution in [2.75, 3.05) is 5.32 Å². The number of hydrogen-bond donors (Lipinski definition) is 3. The highest BCUT2D eigenvalue weighted by molar-refractivity contribution is 5.90. The second kappa shape index (κ2) is 6.86. The van der Waals surface area contributed by atoms with Gasteiger partial charge in [-0.3, -0.25) is 4.79 Å². The Kier molecular flexibility index (Phi) is 4.90. The second-order valence-electron chi connectivity index (χ2n) is 4.96. The van der Waals surface area contributed by atoms with Crippen molar-refractivity contribution in [3.63, 3.8) is 0 Å². The van der Waals surface area contributed by atoms with Crippen molar-refractivity contribution < 1.29 is 4.79 Å². The van der Waals surface area contributed by atoms with Crippen LogP contribution in [0.5, 0.6) is 0 Å². The largest absolute Gasteiger partial charge is 0.345 e. The number of nitrogens with one attached hydrogen (secondary N) is 2. The van der Waals surface area contributed by atoms with E-state index in [9.17, 15) is 4.79 Å². The zero-order valence-electron chi connectivity index (χ0n) is 11.6. The molecule has 1 heterocycles. The molecule has 20 heavy (non-hydrogen) atoms. The van der Waals surface area contributed by atoms with Gasteiger partial charge in [0, 0.05) is 18.2 Å². The molecule has 0 aliphatic rings. The van der Waals surface area contributed by atoms with E-state index in [1.165, 1.54) is 0 Å². The van der Waals surface area contributed by atoms with Gasteiger partial charge in [-0.25, -0.2) is 4.98 Å². The van der Waals surface area contributed by atoms with E-state index < -0.39 is 0 Å². The molecule has 0 aliphatic heterocycles. The molecule has 5 heteroatoms. The van der Waals surface area contributed by atoms with Crippen molar-refractivity contribution in [1.82, 2.24) is 9.97 Å². The Balaban J connectivity index is 1.86. The Labute approximate surface area is 118 Å². The molecule has 2 aromatic rings. The van der Waals surface area contributed by atoms with Crippen LogP contribution in [0.1, 0.15) is 26.2 Å². The summed E-state index contributed by atoms with van der Waals surface area (Å²) in [4.78, 5) is 18.8. The predicted octanol–water partition coefficient (Wildman–Crippen LogP) is 2.53. The highest BCUT2D eigenvalue weighted by Gasteiger charge is 2.04. The van der Waals surface area contributed by atoms with E-state index >= 15 is 0 Å². The summed E-state index contributed by atoms with van der Waals surface area (Å²) >= 11 is 0. The molecule has 0 fully saturated rings. The van der Waals surface area contributed by atoms with Crippen molar-refractivity contribution in [3.8, 4) is 11.3 Å². The van der Waals surface area contributed by atoms with Crippen LogP contribution in [0.3, 0.4) is 0 Å². The average Bonchev–Trinajstić information content (AvgIpc) is 2.93. The predicted molar refractivity (Wildman–Crippen MR) is 80.2 cm³/mol. The van der Waals surface area contributed by atoms with Crippen LogP contribution in [0.25, 0.3) is 11.3 Å². The van der Waals surface area contributed by atoms with Gasteiger partial charge in [0.25, 0.3) is 0 Å². The van der Waals surface area contributed by atoms with Crippen molar-refractivity contribution in [2.24, 2.45) is 5.73 Å². The van der Waals surface area contributed by atoms with E-state index in [0.29, 0.717) is 6.42 Å². The second-order valence-corrected chi connectivity index (χ2v) is 4.96. The van der Waals surface area contributed by atoms with Crippen LogP contribution in [0.15, 0.2) is 36.8 Å². The number of carbonyl (C=O) groups excluding carboxylic acids is 1. The topological polar surface area (TPSA) is 83.8 Å². The molecule has 0 saturated carbocycles. The summed E-state index contributed by atoms with van der Waals surface area (Å²) in [5.74, 6) is 0.0277. The first-order valence-electron chi connectivity index (χ1n) is 6.79. The molecule has 0 saturated heterocycles. The van der Waals surface area contributed by atoms with Gasteiger partial charge in [0.1, 0.15) is 0 Å². The van der Waals surface area contributed by atoms with E-state index in [2.05, 4.69) is 15.3 Å². The number of benzene rings is 1. The van der Waals surface area contributed by atoms with Crippen LogP contribution in [0.4, 0.5) is 5.69 Å². The van der Waals surface area contributed by atoms with Crippen molar-refractivity contribution >= 4 is 11.6 Å². The van der Waals surface area contributed by atoms with Gasteiger partial charge in [-0.05, 0) is 37.5 Å². The van der Waals surface area contributed by atoms with E-state index in [4.69, 9.17) is 5.73 Å². The fourth-order valence-electron chi connectivity index (χ4n) is 1.95. The van der Waals surface area contributed by atoms with Crippen LogP contribution in [0.2, 0.25) is 0 Å². The Bertz CT molecular complexity index is 532. The SMILES string of the molecule is CC(N)CCCC(=O)Nc1ccc(-c2cnc[nH]2)cc1. The fourth-order valence-corrected chi connectivity index (χ4v) is 1.95. The highest BCUT2D eigenvalue weighted by Crippen LogP contribution is 2.18. The van der Waals surface area contributed by atoms with Gasteiger partial charge >= 0.3 is 0 Å². The minimum atomic E-state index is 0.0277. The third-order valence-electron chi connectivity index (χ3n) is 3.04. The quantitative estimate of drug-likeness (QED) is 0.755. The fraction of sp³-hybridized carbons (Fsp3) is 0.333. The smallest absolute Gasteiger partial charge is 0.224 e. The molecule has 0 spiro atoms. The first-order chi connectivity index (χ1) is 9.65. The lowest BCUT2D eigenvalue weighted by Gasteiger charge is -2.07. The monoisotopic (exact) mass is 272 g/mol. The van der Waals surface area contributed by atoms with Gasteiger partial charge < -0.3 is 16.0 Å². The van der Waals surface area contributed by atoms with E-state index in [-0.39, 0.29) is 11.9 Å². The lowest BCUT2D eigenvalue weighted by molar-refractivity contribution is -0.116. The summed E-state index contributed by atoms with van der Waals surface area (Å²) in [7, 11) is 0. The number of rotatable bonds is 6. The number of carbonyl (C=O) groups is 1. The maximum Gasteiger partial charge on any atom is 0.224 e. The lowest BCUT2D eigenvalue weighted by atomic mass is 10.1. The standard InChI is InChI=1S/C15H20N4O/c1-11(16)3-2-4-15(20)19-13-7-5-12(6-8-13)14-9-17-10-18-14/h5-11H,2-4,16H2,1H3,(H,17,18)(H,19,20). The summed E-state index contributed by atoms with van der Waals surface area (Å²) in [5.41, 5.74) is 8.46. The Morgan fingerprint density at radius 1 is 1.40 bits per heavy atom. The third kappa shape index (κ3) is 4.20. The number of hydrogen-bond acceptors (Lipinski definition) is 3. The van der Waals surface area contributed by atoms with Gasteiger partial charge in [0.15, 0.2) is 0 Å². The first-order valence-corrected chi connectivity index (χ1v) is 6.79. The third-order valence-corrected chi connectivity index (χ3v) is 3.04. The van der Waals surface area contributed by atoms with E-state index in [1.807, 2.05) is 31.2 Å². The molecule has 0 aliphatic carbocycles. The molecule has 2 rings (SSSR count). The van der Waals surface area contributed by atoms with Gasteiger partial charge in [-0.15, -0.1) is 0 Å². The molecule has 1 aromatic heterocycles. The Hall–Kier alpha value is -2.14. The van der Waals surface area contributed by atoms with Gasteiger partial charge in [0.2, 0.25) is 5.91 Å². The normalized spacial score (nSPS) is 12.1. The average molecular weight is 272 g/mol. The summed E-state index contributed by atoms with van der Waals surface area (Å²) < 4.78 is 0.